The first-order chi connectivity index (χ1) is 24.8. The molecule has 10 aromatic rings. The van der Waals surface area contributed by atoms with Gasteiger partial charge in [-0.15, -0.1) is 0 Å². The van der Waals surface area contributed by atoms with Crippen LogP contribution in [-0.4, -0.2) is 15.0 Å². The normalized spacial score (nSPS) is 11.6. The highest BCUT2D eigenvalue weighted by atomic mass is 15.0. The van der Waals surface area contributed by atoms with E-state index in [0.717, 1.165) is 27.6 Å². The predicted molar refractivity (Wildman–Crippen MR) is 209 cm³/mol. The van der Waals surface area contributed by atoms with Gasteiger partial charge in [-0.05, 0) is 77.8 Å². The molecule has 232 valence electrons. The molecule has 1 aromatic heterocycles. The highest BCUT2D eigenvalue weighted by molar-refractivity contribution is 6.29. The lowest BCUT2D eigenvalue weighted by Gasteiger charge is -2.18. The van der Waals surface area contributed by atoms with Crippen molar-refractivity contribution in [3.05, 3.63) is 176 Å². The van der Waals surface area contributed by atoms with E-state index in [-0.39, 0.29) is 0 Å². The zero-order valence-corrected chi connectivity index (χ0v) is 27.1. The van der Waals surface area contributed by atoms with E-state index in [1.54, 1.807) is 0 Å². The van der Waals surface area contributed by atoms with Crippen LogP contribution in [0.25, 0.3) is 99.2 Å². The molecule has 0 spiro atoms. The highest BCUT2D eigenvalue weighted by Gasteiger charge is 2.20. The molecule has 50 heavy (non-hydrogen) atoms. The summed E-state index contributed by atoms with van der Waals surface area (Å²) < 4.78 is 0. The van der Waals surface area contributed by atoms with Gasteiger partial charge in [0.2, 0.25) is 0 Å². The van der Waals surface area contributed by atoms with E-state index in [0.29, 0.717) is 17.5 Å². The Morgan fingerprint density at radius 1 is 0.260 bits per heavy atom. The number of fused-ring (bicyclic) bond motifs is 9. The Morgan fingerprint density at radius 2 is 0.700 bits per heavy atom. The number of hydrogen-bond donors (Lipinski definition) is 0. The molecule has 0 N–H and O–H groups in total. The van der Waals surface area contributed by atoms with Crippen LogP contribution in [0.5, 0.6) is 0 Å². The summed E-state index contributed by atoms with van der Waals surface area (Å²) in [6.07, 6.45) is 0. The van der Waals surface area contributed by atoms with Crippen LogP contribution in [0.3, 0.4) is 0 Å². The summed E-state index contributed by atoms with van der Waals surface area (Å²) in [6, 6.07) is 62.3. The maximum Gasteiger partial charge on any atom is 0.164 e. The van der Waals surface area contributed by atoms with E-state index < -0.39 is 0 Å². The van der Waals surface area contributed by atoms with Gasteiger partial charge in [0.15, 0.2) is 17.5 Å². The van der Waals surface area contributed by atoms with Crippen LogP contribution in [0.15, 0.2) is 176 Å². The molecule has 9 aromatic carbocycles. The summed E-state index contributed by atoms with van der Waals surface area (Å²) in [5.41, 5.74) is 5.18. The maximum absolute atomic E-state index is 5.26. The quantitative estimate of drug-likeness (QED) is 0.181. The number of hydrogen-bond acceptors (Lipinski definition) is 3. The van der Waals surface area contributed by atoms with Crippen molar-refractivity contribution in [2.75, 3.05) is 0 Å². The Morgan fingerprint density at radius 3 is 1.32 bits per heavy atom. The molecule has 1 heterocycles. The molecule has 0 amide bonds. The third-order valence-electron chi connectivity index (χ3n) is 9.86. The largest absolute Gasteiger partial charge is 0.208 e. The van der Waals surface area contributed by atoms with Crippen molar-refractivity contribution in [1.82, 2.24) is 15.0 Å². The van der Waals surface area contributed by atoms with E-state index >= 15 is 0 Å². The van der Waals surface area contributed by atoms with Crippen molar-refractivity contribution in [1.29, 1.82) is 0 Å². The van der Waals surface area contributed by atoms with Gasteiger partial charge in [-0.1, -0.05) is 158 Å². The van der Waals surface area contributed by atoms with Crippen molar-refractivity contribution in [3.8, 4) is 45.3 Å². The van der Waals surface area contributed by atoms with Crippen LogP contribution in [0.4, 0.5) is 0 Å². The molecule has 0 saturated heterocycles. The van der Waals surface area contributed by atoms with E-state index in [2.05, 4.69) is 140 Å². The third-order valence-corrected chi connectivity index (χ3v) is 9.86. The molecule has 10 rings (SSSR count). The van der Waals surface area contributed by atoms with Crippen LogP contribution in [0.2, 0.25) is 0 Å². The minimum absolute atomic E-state index is 0.647. The fraction of sp³-hybridized carbons (Fsp3) is 0. The molecule has 0 aliphatic heterocycles. The van der Waals surface area contributed by atoms with Gasteiger partial charge in [-0.2, -0.15) is 0 Å². The van der Waals surface area contributed by atoms with Gasteiger partial charge in [0, 0.05) is 22.1 Å². The zero-order chi connectivity index (χ0) is 33.0. The minimum Gasteiger partial charge on any atom is -0.208 e. The topological polar surface area (TPSA) is 38.7 Å². The van der Waals surface area contributed by atoms with E-state index in [4.69, 9.17) is 15.0 Å². The summed E-state index contributed by atoms with van der Waals surface area (Å²) in [5, 5.41) is 12.0. The molecule has 0 unspecified atom stereocenters. The molecule has 0 bridgehead atoms. The van der Waals surface area contributed by atoms with Crippen molar-refractivity contribution in [3.63, 3.8) is 0 Å². The van der Waals surface area contributed by atoms with Crippen molar-refractivity contribution in [2.45, 2.75) is 0 Å². The van der Waals surface area contributed by atoms with Gasteiger partial charge in [0.05, 0.1) is 0 Å². The lowest BCUT2D eigenvalue weighted by atomic mass is 9.87. The fourth-order valence-corrected chi connectivity index (χ4v) is 7.59. The van der Waals surface area contributed by atoms with Gasteiger partial charge in [0.25, 0.3) is 0 Å². The fourth-order valence-electron chi connectivity index (χ4n) is 7.59. The van der Waals surface area contributed by atoms with Crippen LogP contribution in [0, 0.1) is 0 Å². The van der Waals surface area contributed by atoms with E-state index in [9.17, 15) is 0 Å². The lowest BCUT2D eigenvalue weighted by molar-refractivity contribution is 1.08. The average molecular weight is 636 g/mol. The van der Waals surface area contributed by atoms with Gasteiger partial charge in [0.1, 0.15) is 0 Å². The van der Waals surface area contributed by atoms with E-state index in [1.807, 2.05) is 36.4 Å². The zero-order valence-electron chi connectivity index (χ0n) is 27.1. The van der Waals surface area contributed by atoms with Crippen molar-refractivity contribution in [2.24, 2.45) is 0 Å². The van der Waals surface area contributed by atoms with Crippen LogP contribution in [-0.2, 0) is 0 Å². The lowest BCUT2D eigenvalue weighted by Crippen LogP contribution is -2.01. The second-order valence-electron chi connectivity index (χ2n) is 12.8. The monoisotopic (exact) mass is 635 g/mol. The third kappa shape index (κ3) is 4.56. The number of benzene rings is 9. The van der Waals surface area contributed by atoms with Crippen molar-refractivity contribution < 1.29 is 0 Å². The highest BCUT2D eigenvalue weighted by Crippen LogP contribution is 2.44. The number of nitrogens with zero attached hydrogens (tertiary/aromatic N) is 3. The second kappa shape index (κ2) is 11.5. The van der Waals surface area contributed by atoms with Gasteiger partial charge in [-0.25, -0.2) is 15.0 Å². The molecule has 0 atom stereocenters. The molecule has 3 nitrogen and oxygen atoms in total. The average Bonchev–Trinajstić information content (AvgIpc) is 3.20. The Kier molecular flexibility index (Phi) is 6.49. The summed E-state index contributed by atoms with van der Waals surface area (Å²) in [4.78, 5) is 15.5. The minimum atomic E-state index is 0.647. The number of rotatable bonds is 4. The summed E-state index contributed by atoms with van der Waals surface area (Å²) in [5.74, 6) is 1.94. The Hall–Kier alpha value is -6.71. The number of aromatic nitrogens is 3. The maximum atomic E-state index is 5.26. The smallest absolute Gasteiger partial charge is 0.164 e. The molecule has 0 radical (unpaired) electrons. The van der Waals surface area contributed by atoms with Gasteiger partial charge >= 0.3 is 0 Å². The van der Waals surface area contributed by atoms with Crippen LogP contribution >= 0.6 is 0 Å². The summed E-state index contributed by atoms with van der Waals surface area (Å²) >= 11 is 0. The first kappa shape index (κ1) is 28.3. The first-order valence-corrected chi connectivity index (χ1v) is 17.0. The molecule has 0 saturated carbocycles. The van der Waals surface area contributed by atoms with Crippen LogP contribution in [0.1, 0.15) is 0 Å². The Balaban J connectivity index is 1.38. The molecule has 0 fully saturated rings. The molecular formula is C47H29N3. The summed E-state index contributed by atoms with van der Waals surface area (Å²) in [7, 11) is 0. The molecular weight excluding hydrogens is 607 g/mol. The van der Waals surface area contributed by atoms with Crippen LogP contribution < -0.4 is 0 Å². The summed E-state index contributed by atoms with van der Waals surface area (Å²) in [6.45, 7) is 0. The standard InChI is InChI=1S/C47H29N3/c1-3-15-30(16-4-1)45-48-46(31-17-5-2-6-18-31)50-47(49-45)43-29-33(41-27-32-19-7-8-20-34(32)35-21-9-11-24-38(35)41)28-42-39-25-12-10-22-36(39)37-23-13-14-26-40(37)44(42)43/h1-29H. The predicted octanol–water partition coefficient (Wildman–Crippen LogP) is 12.3. The molecule has 0 aliphatic rings. The Labute approximate surface area is 289 Å². The van der Waals surface area contributed by atoms with Gasteiger partial charge < -0.3 is 0 Å². The van der Waals surface area contributed by atoms with Gasteiger partial charge in [-0.3, -0.25) is 0 Å². The SMILES string of the molecule is c1ccc(-c2nc(-c3ccccc3)nc(-c3cc(-c4cc5ccccc5c5ccccc45)cc4c5ccccc5c5ccccc5c34)n2)cc1. The molecule has 3 heteroatoms. The first-order valence-electron chi connectivity index (χ1n) is 17.0. The van der Waals surface area contributed by atoms with E-state index in [1.165, 1.54) is 54.0 Å². The second-order valence-corrected chi connectivity index (χ2v) is 12.8. The molecule has 0 aliphatic carbocycles. The van der Waals surface area contributed by atoms with Crippen molar-refractivity contribution >= 4 is 53.9 Å². The Bertz CT molecular complexity index is 2860.